The molecule has 0 saturated carbocycles. The molecule has 1 heterocycles. The molecule has 0 unspecified atom stereocenters. The van der Waals surface area contributed by atoms with E-state index in [2.05, 4.69) is 10.3 Å². The van der Waals surface area contributed by atoms with Gasteiger partial charge in [-0.3, -0.25) is 9.79 Å². The molecule has 12 heavy (non-hydrogen) atoms. The Morgan fingerprint density at radius 2 is 2.58 bits per heavy atom. The van der Waals surface area contributed by atoms with Crippen LogP contribution in [-0.4, -0.2) is 35.7 Å². The summed E-state index contributed by atoms with van der Waals surface area (Å²) >= 11 is 0. The van der Waals surface area contributed by atoms with Gasteiger partial charge in [0, 0.05) is 0 Å². The second-order valence-electron chi connectivity index (χ2n) is 2.75. The number of carboxylic acids is 1. The Morgan fingerprint density at radius 3 is 3.00 bits per heavy atom. The number of hydrogen-bond acceptors (Lipinski definition) is 5. The average Bonchev–Trinajstić information content (AvgIpc) is 2.35. The van der Waals surface area contributed by atoms with E-state index in [1.54, 1.807) is 0 Å². The number of carboxylic acid groups (broad SMARTS) is 1. The lowest BCUT2D eigenvalue weighted by Gasteiger charge is -2.12. The number of guanidine groups is 1. The molecule has 6 nitrogen and oxygen atoms in total. The molecule has 1 rings (SSSR count). The van der Waals surface area contributed by atoms with Crippen molar-refractivity contribution in [2.75, 3.05) is 6.54 Å². The number of nitrogens with one attached hydrogen (secondary N) is 1. The maximum Gasteiger partial charge on any atom is 0.320 e. The maximum atomic E-state index is 10.3. The largest absolute Gasteiger partial charge is 0.480 e. The van der Waals surface area contributed by atoms with Crippen molar-refractivity contribution < 1.29 is 9.90 Å². The maximum absolute atomic E-state index is 10.3. The van der Waals surface area contributed by atoms with Crippen molar-refractivity contribution in [2.24, 2.45) is 16.5 Å². The monoisotopic (exact) mass is 172 g/mol. The van der Waals surface area contributed by atoms with Gasteiger partial charge < -0.3 is 21.9 Å². The molecule has 1 aliphatic rings. The Labute approximate surface area is 69.6 Å². The van der Waals surface area contributed by atoms with Crippen LogP contribution >= 0.6 is 0 Å². The van der Waals surface area contributed by atoms with Gasteiger partial charge in [-0.05, 0) is 6.42 Å². The molecule has 68 valence electrons. The van der Waals surface area contributed by atoms with Crippen molar-refractivity contribution in [3.63, 3.8) is 0 Å². The molecular formula is C6H12N4O2. The van der Waals surface area contributed by atoms with Crippen LogP contribution in [0.25, 0.3) is 0 Å². The topological polar surface area (TPSA) is 114 Å². The quantitative estimate of drug-likeness (QED) is 0.396. The first-order valence-electron chi connectivity index (χ1n) is 3.64. The molecule has 1 aliphatic heterocycles. The molecule has 0 radical (unpaired) electrons. The highest BCUT2D eigenvalue weighted by Crippen LogP contribution is 2.01. The van der Waals surface area contributed by atoms with E-state index in [1.807, 2.05) is 0 Å². The summed E-state index contributed by atoms with van der Waals surface area (Å²) < 4.78 is 0. The zero-order valence-electron chi connectivity index (χ0n) is 6.53. The molecule has 0 fully saturated rings. The Hall–Kier alpha value is -1.30. The van der Waals surface area contributed by atoms with Crippen LogP contribution in [0.15, 0.2) is 4.99 Å². The fourth-order valence-electron chi connectivity index (χ4n) is 1.05. The minimum atomic E-state index is -0.998. The van der Waals surface area contributed by atoms with Crippen molar-refractivity contribution in [3.8, 4) is 0 Å². The summed E-state index contributed by atoms with van der Waals surface area (Å²) in [5.41, 5.74) is 10.6. The highest BCUT2D eigenvalue weighted by Gasteiger charge is 2.21. The summed E-state index contributed by atoms with van der Waals surface area (Å²) in [5.74, 6) is -0.639. The van der Waals surface area contributed by atoms with Crippen molar-refractivity contribution in [1.29, 1.82) is 0 Å². The predicted molar refractivity (Wildman–Crippen MR) is 43.6 cm³/mol. The number of aliphatic imine (C=N–C) groups is 1. The van der Waals surface area contributed by atoms with Gasteiger partial charge in [-0.15, -0.1) is 0 Å². The predicted octanol–water partition coefficient (Wildman–Crippen LogP) is -1.93. The first-order valence-corrected chi connectivity index (χ1v) is 3.64. The molecule has 0 aromatic rings. The van der Waals surface area contributed by atoms with Crippen LogP contribution in [0.1, 0.15) is 6.42 Å². The summed E-state index contributed by atoms with van der Waals surface area (Å²) in [4.78, 5) is 14.2. The molecule has 0 spiro atoms. The molecule has 6 heteroatoms. The van der Waals surface area contributed by atoms with E-state index < -0.39 is 12.0 Å². The average molecular weight is 172 g/mol. The summed E-state index contributed by atoms with van der Waals surface area (Å²) in [5, 5.41) is 11.3. The molecule has 0 bridgehead atoms. The lowest BCUT2D eigenvalue weighted by atomic mass is 10.1. The lowest BCUT2D eigenvalue weighted by molar-refractivity contribution is -0.138. The zero-order chi connectivity index (χ0) is 9.14. The van der Waals surface area contributed by atoms with Gasteiger partial charge in [0.2, 0.25) is 0 Å². The van der Waals surface area contributed by atoms with Crippen molar-refractivity contribution in [3.05, 3.63) is 0 Å². The van der Waals surface area contributed by atoms with Crippen LogP contribution in [0, 0.1) is 0 Å². The third-order valence-corrected chi connectivity index (χ3v) is 1.69. The third-order valence-electron chi connectivity index (χ3n) is 1.69. The van der Waals surface area contributed by atoms with Gasteiger partial charge >= 0.3 is 5.97 Å². The van der Waals surface area contributed by atoms with Gasteiger partial charge in [0.15, 0.2) is 5.96 Å². The van der Waals surface area contributed by atoms with Crippen LogP contribution in [0.3, 0.4) is 0 Å². The van der Waals surface area contributed by atoms with Crippen LogP contribution in [0.2, 0.25) is 0 Å². The standard InChI is InChI=1S/C6H12N4O2/c7-4(5(11)12)1-3-2-9-6(8)10-3/h3-4H,1-2,7H2,(H,11,12)(H3,8,9,10)/t3-,4+/m0/s1. The summed E-state index contributed by atoms with van der Waals surface area (Å²) in [7, 11) is 0. The number of hydrogen-bond donors (Lipinski definition) is 4. The van der Waals surface area contributed by atoms with E-state index >= 15 is 0 Å². The van der Waals surface area contributed by atoms with Gasteiger partial charge in [-0.25, -0.2) is 0 Å². The first-order chi connectivity index (χ1) is 5.59. The van der Waals surface area contributed by atoms with Crippen molar-refractivity contribution >= 4 is 11.9 Å². The lowest BCUT2D eigenvalue weighted by Crippen LogP contribution is -2.41. The van der Waals surface area contributed by atoms with Crippen LogP contribution < -0.4 is 16.8 Å². The fourth-order valence-corrected chi connectivity index (χ4v) is 1.05. The molecule has 0 aliphatic carbocycles. The molecular weight excluding hydrogens is 160 g/mol. The molecule has 0 amide bonds. The minimum Gasteiger partial charge on any atom is -0.480 e. The highest BCUT2D eigenvalue weighted by molar-refractivity contribution is 5.80. The normalized spacial score (nSPS) is 24.4. The highest BCUT2D eigenvalue weighted by atomic mass is 16.4. The van der Waals surface area contributed by atoms with E-state index in [-0.39, 0.29) is 6.04 Å². The van der Waals surface area contributed by atoms with E-state index in [1.165, 1.54) is 0 Å². The van der Waals surface area contributed by atoms with Crippen LogP contribution in [-0.2, 0) is 4.79 Å². The van der Waals surface area contributed by atoms with Crippen LogP contribution in [0.4, 0.5) is 0 Å². The SMILES string of the molecule is NC1=NC[C@H](C[C@@H](N)C(=O)O)N1. The summed E-state index contributed by atoms with van der Waals surface area (Å²) in [6.07, 6.45) is 0.347. The van der Waals surface area contributed by atoms with E-state index in [0.29, 0.717) is 18.9 Å². The fraction of sp³-hybridized carbons (Fsp3) is 0.667. The molecule has 2 atom stereocenters. The van der Waals surface area contributed by atoms with E-state index in [9.17, 15) is 4.79 Å². The van der Waals surface area contributed by atoms with Crippen molar-refractivity contribution in [1.82, 2.24) is 5.32 Å². The Morgan fingerprint density at radius 1 is 1.92 bits per heavy atom. The number of aliphatic carboxylic acids is 1. The number of rotatable bonds is 3. The van der Waals surface area contributed by atoms with Crippen LogP contribution in [0.5, 0.6) is 0 Å². The molecule has 0 aromatic heterocycles. The molecule has 0 aromatic carbocycles. The number of nitrogens with two attached hydrogens (primary N) is 2. The minimum absolute atomic E-state index is 0.0314. The first kappa shape index (κ1) is 8.79. The third kappa shape index (κ3) is 2.09. The molecule has 6 N–H and O–H groups in total. The zero-order valence-corrected chi connectivity index (χ0v) is 6.53. The summed E-state index contributed by atoms with van der Waals surface area (Å²) in [6.45, 7) is 0.507. The van der Waals surface area contributed by atoms with Gasteiger partial charge in [0.25, 0.3) is 0 Å². The molecule has 0 saturated heterocycles. The van der Waals surface area contributed by atoms with E-state index in [0.717, 1.165) is 0 Å². The number of nitrogens with zero attached hydrogens (tertiary/aromatic N) is 1. The smallest absolute Gasteiger partial charge is 0.320 e. The Bertz CT molecular complexity index is 216. The van der Waals surface area contributed by atoms with Gasteiger partial charge in [-0.2, -0.15) is 0 Å². The van der Waals surface area contributed by atoms with Gasteiger partial charge in [0.05, 0.1) is 12.6 Å². The summed E-state index contributed by atoms with van der Waals surface area (Å²) in [6, 6.07) is -0.875. The number of carbonyl (C=O) groups is 1. The Kier molecular flexibility index (Phi) is 2.49. The Balaban J connectivity index is 2.30. The second kappa shape index (κ2) is 3.40. The van der Waals surface area contributed by atoms with Gasteiger partial charge in [-0.1, -0.05) is 0 Å². The second-order valence-corrected chi connectivity index (χ2v) is 2.75. The van der Waals surface area contributed by atoms with Gasteiger partial charge in [0.1, 0.15) is 6.04 Å². The van der Waals surface area contributed by atoms with Crippen molar-refractivity contribution in [2.45, 2.75) is 18.5 Å². The van der Waals surface area contributed by atoms with E-state index in [4.69, 9.17) is 16.6 Å².